The molecule has 0 spiro atoms. The van der Waals surface area contributed by atoms with Crippen molar-refractivity contribution in [1.29, 1.82) is 0 Å². The summed E-state index contributed by atoms with van der Waals surface area (Å²) in [6, 6.07) is 9.55. The first-order chi connectivity index (χ1) is 14.6. The quantitative estimate of drug-likeness (QED) is 0.364. The number of halogens is 4. The van der Waals surface area contributed by atoms with E-state index >= 15 is 0 Å². The van der Waals surface area contributed by atoms with E-state index in [9.17, 15) is 22.4 Å². The average Bonchev–Trinajstić information content (AvgIpc) is 3.09. The number of rotatable bonds is 6. The van der Waals surface area contributed by atoms with Gasteiger partial charge in [-0.2, -0.15) is 18.3 Å². The number of alkyl halides is 3. The highest BCUT2D eigenvalue weighted by molar-refractivity contribution is 5.91. The van der Waals surface area contributed by atoms with Crippen LogP contribution in [0.4, 0.5) is 17.6 Å². The molecule has 2 aromatic carbocycles. The summed E-state index contributed by atoms with van der Waals surface area (Å²) in [5, 5.41) is 4.46. The van der Waals surface area contributed by atoms with Crippen LogP contribution in [0.15, 0.2) is 42.5 Å². The third-order valence-electron chi connectivity index (χ3n) is 4.82. The molecule has 0 aliphatic heterocycles. The Morgan fingerprint density at radius 1 is 1.10 bits per heavy atom. The fourth-order valence-corrected chi connectivity index (χ4v) is 3.42. The van der Waals surface area contributed by atoms with E-state index in [1.54, 1.807) is 36.7 Å². The largest absolute Gasteiger partial charge is 0.462 e. The van der Waals surface area contributed by atoms with Gasteiger partial charge in [0.2, 0.25) is 0 Å². The number of benzene rings is 2. The SMILES string of the molecule is CCOC(=O)c1ccc(-c2cc(Cc3cc(F)cc(C(F)(F)F)c3)nn2CC)cc1C. The Morgan fingerprint density at radius 3 is 2.45 bits per heavy atom. The Hall–Kier alpha value is -3.16. The zero-order valence-corrected chi connectivity index (χ0v) is 17.4. The monoisotopic (exact) mass is 434 g/mol. The van der Waals surface area contributed by atoms with Crippen molar-refractivity contribution in [2.75, 3.05) is 6.61 Å². The van der Waals surface area contributed by atoms with Crippen LogP contribution in [0.1, 0.15) is 46.6 Å². The number of esters is 1. The Labute approximate surface area is 177 Å². The molecule has 3 aromatic rings. The number of carbonyl (C=O) groups is 1. The van der Waals surface area contributed by atoms with Crippen LogP contribution in [0.25, 0.3) is 11.3 Å². The second-order valence-electron chi connectivity index (χ2n) is 7.11. The van der Waals surface area contributed by atoms with Gasteiger partial charge in [0.25, 0.3) is 0 Å². The maximum atomic E-state index is 13.7. The van der Waals surface area contributed by atoms with E-state index in [2.05, 4.69) is 5.10 Å². The number of hydrogen-bond acceptors (Lipinski definition) is 3. The van der Waals surface area contributed by atoms with E-state index in [1.165, 1.54) is 0 Å². The summed E-state index contributed by atoms with van der Waals surface area (Å²) in [5.41, 5.74) is 2.44. The molecule has 0 radical (unpaired) electrons. The molecule has 31 heavy (non-hydrogen) atoms. The molecule has 0 saturated heterocycles. The standard InChI is InChI=1S/C23H22F4N2O2/c1-4-29-21(16-6-7-20(14(3)8-16)22(30)31-5-2)13-19(28-29)11-15-9-17(23(25,26)27)12-18(24)10-15/h6-10,12-13H,4-5,11H2,1-3H3. The summed E-state index contributed by atoms with van der Waals surface area (Å²) in [6.45, 7) is 6.24. The van der Waals surface area contributed by atoms with Gasteiger partial charge in [0, 0.05) is 18.5 Å². The number of ether oxygens (including phenoxy) is 1. The first-order valence-corrected chi connectivity index (χ1v) is 9.84. The van der Waals surface area contributed by atoms with Crippen LogP contribution >= 0.6 is 0 Å². The molecule has 3 rings (SSSR count). The minimum absolute atomic E-state index is 0.0563. The lowest BCUT2D eigenvalue weighted by molar-refractivity contribution is -0.137. The summed E-state index contributed by atoms with van der Waals surface area (Å²) in [7, 11) is 0. The van der Waals surface area contributed by atoms with Gasteiger partial charge in [0.1, 0.15) is 5.82 Å². The van der Waals surface area contributed by atoms with Crippen LogP contribution in [0.2, 0.25) is 0 Å². The molecule has 0 fully saturated rings. The van der Waals surface area contributed by atoms with E-state index in [1.807, 2.05) is 13.0 Å². The van der Waals surface area contributed by atoms with Crippen LogP contribution < -0.4 is 0 Å². The fraction of sp³-hybridized carbons (Fsp3) is 0.304. The normalized spacial score (nSPS) is 11.6. The number of carbonyl (C=O) groups excluding carboxylic acids is 1. The maximum Gasteiger partial charge on any atom is 0.416 e. The first-order valence-electron chi connectivity index (χ1n) is 9.84. The Kier molecular flexibility index (Phi) is 6.48. The lowest BCUT2D eigenvalue weighted by Crippen LogP contribution is -2.07. The molecule has 1 heterocycles. The van der Waals surface area contributed by atoms with Gasteiger partial charge in [-0.3, -0.25) is 4.68 Å². The summed E-state index contributed by atoms with van der Waals surface area (Å²) >= 11 is 0. The molecule has 0 atom stereocenters. The van der Waals surface area contributed by atoms with E-state index < -0.39 is 23.5 Å². The van der Waals surface area contributed by atoms with Gasteiger partial charge in [0.15, 0.2) is 0 Å². The van der Waals surface area contributed by atoms with Crippen molar-refractivity contribution in [3.05, 3.63) is 76.2 Å². The minimum atomic E-state index is -4.62. The second-order valence-corrected chi connectivity index (χ2v) is 7.11. The van der Waals surface area contributed by atoms with Crippen molar-refractivity contribution in [3.63, 3.8) is 0 Å². The van der Waals surface area contributed by atoms with Crippen LogP contribution in [0.3, 0.4) is 0 Å². The molecule has 164 valence electrons. The zero-order chi connectivity index (χ0) is 22.8. The third-order valence-corrected chi connectivity index (χ3v) is 4.82. The van der Waals surface area contributed by atoms with Crippen LogP contribution in [-0.4, -0.2) is 22.4 Å². The topological polar surface area (TPSA) is 44.1 Å². The van der Waals surface area contributed by atoms with Crippen molar-refractivity contribution in [2.45, 2.75) is 39.9 Å². The summed E-state index contributed by atoms with van der Waals surface area (Å²) in [5.74, 6) is -1.34. The molecular weight excluding hydrogens is 412 g/mol. The molecule has 8 heteroatoms. The molecule has 1 aromatic heterocycles. The number of nitrogens with zero attached hydrogens (tertiary/aromatic N) is 2. The van der Waals surface area contributed by atoms with Gasteiger partial charge < -0.3 is 4.74 Å². The van der Waals surface area contributed by atoms with Crippen LogP contribution in [0.5, 0.6) is 0 Å². The van der Waals surface area contributed by atoms with Gasteiger partial charge >= 0.3 is 12.1 Å². The lowest BCUT2D eigenvalue weighted by atomic mass is 10.0. The molecule has 0 aliphatic rings. The van der Waals surface area contributed by atoms with Crippen molar-refractivity contribution in [1.82, 2.24) is 9.78 Å². The minimum Gasteiger partial charge on any atom is -0.462 e. The van der Waals surface area contributed by atoms with Crippen LogP contribution in [-0.2, 0) is 23.9 Å². The number of hydrogen-bond donors (Lipinski definition) is 0. The highest BCUT2D eigenvalue weighted by Crippen LogP contribution is 2.31. The van der Waals surface area contributed by atoms with Gasteiger partial charge in [-0.1, -0.05) is 6.07 Å². The zero-order valence-electron chi connectivity index (χ0n) is 17.4. The lowest BCUT2D eigenvalue weighted by Gasteiger charge is -2.09. The van der Waals surface area contributed by atoms with Gasteiger partial charge in [-0.15, -0.1) is 0 Å². The number of aromatic nitrogens is 2. The molecule has 4 nitrogen and oxygen atoms in total. The van der Waals surface area contributed by atoms with Gasteiger partial charge in [0.05, 0.1) is 29.1 Å². The molecule has 0 N–H and O–H groups in total. The highest BCUT2D eigenvalue weighted by atomic mass is 19.4. The van der Waals surface area contributed by atoms with Crippen molar-refractivity contribution >= 4 is 5.97 Å². The third kappa shape index (κ3) is 5.13. The fourth-order valence-electron chi connectivity index (χ4n) is 3.42. The Balaban J connectivity index is 1.93. The molecule has 0 bridgehead atoms. The second kappa shape index (κ2) is 8.91. The summed E-state index contributed by atoms with van der Waals surface area (Å²) in [4.78, 5) is 12.0. The maximum absolute atomic E-state index is 13.7. The average molecular weight is 434 g/mol. The van der Waals surface area contributed by atoms with Crippen molar-refractivity contribution in [3.8, 4) is 11.3 Å². The van der Waals surface area contributed by atoms with Crippen molar-refractivity contribution in [2.24, 2.45) is 0 Å². The van der Waals surface area contributed by atoms with E-state index in [0.29, 0.717) is 23.9 Å². The smallest absolute Gasteiger partial charge is 0.416 e. The molecule has 0 unspecified atom stereocenters. The Bertz CT molecular complexity index is 1100. The van der Waals surface area contributed by atoms with E-state index in [0.717, 1.165) is 29.0 Å². The van der Waals surface area contributed by atoms with Gasteiger partial charge in [-0.05, 0) is 68.3 Å². The molecule has 0 amide bonds. The predicted octanol–water partition coefficient (Wildman–Crippen LogP) is 5.80. The molecule has 0 saturated carbocycles. The molecular formula is C23H22F4N2O2. The Morgan fingerprint density at radius 2 is 1.84 bits per heavy atom. The van der Waals surface area contributed by atoms with E-state index in [4.69, 9.17) is 4.74 Å². The summed E-state index contributed by atoms with van der Waals surface area (Å²) in [6.07, 6.45) is -4.57. The van der Waals surface area contributed by atoms with Crippen LogP contribution in [0, 0.1) is 12.7 Å². The summed E-state index contributed by atoms with van der Waals surface area (Å²) < 4.78 is 59.4. The predicted molar refractivity (Wildman–Crippen MR) is 108 cm³/mol. The van der Waals surface area contributed by atoms with Gasteiger partial charge in [-0.25, -0.2) is 9.18 Å². The first kappa shape index (κ1) is 22.5. The van der Waals surface area contributed by atoms with Crippen molar-refractivity contribution < 1.29 is 27.1 Å². The molecule has 0 aliphatic carbocycles. The van der Waals surface area contributed by atoms with E-state index in [-0.39, 0.29) is 18.6 Å². The number of aryl methyl sites for hydroxylation is 2. The highest BCUT2D eigenvalue weighted by Gasteiger charge is 2.31.